The zero-order chi connectivity index (χ0) is 20.3. The van der Waals surface area contributed by atoms with Crippen LogP contribution in [0.15, 0.2) is 53.4 Å². The number of amides is 4. The smallest absolute Gasteiger partial charge is 0.344 e. The molecule has 1 aliphatic rings. The topological polar surface area (TPSA) is 87.7 Å². The molecule has 3 rings (SSSR count). The van der Waals surface area contributed by atoms with Crippen LogP contribution in [0.1, 0.15) is 18.1 Å². The molecule has 4 amide bonds. The molecule has 0 aromatic heterocycles. The molecule has 7 nitrogen and oxygen atoms in total. The van der Waals surface area contributed by atoms with Gasteiger partial charge in [0.1, 0.15) is 11.3 Å². The maximum absolute atomic E-state index is 12.9. The number of nitrogens with zero attached hydrogens (tertiary/aromatic N) is 1. The number of thioether (sulfide) groups is 1. The SMILES string of the molecule is COc1cccc([C@]2(C)NC(=O)N(NC(=O)CSc3ccc(C)cc3)C2=O)c1. The van der Waals surface area contributed by atoms with Crippen LogP contribution in [-0.2, 0) is 15.1 Å². The van der Waals surface area contributed by atoms with Crippen molar-refractivity contribution >= 4 is 29.6 Å². The van der Waals surface area contributed by atoms with E-state index in [0.717, 1.165) is 15.5 Å². The number of hydrogen-bond acceptors (Lipinski definition) is 5. The van der Waals surface area contributed by atoms with Crippen molar-refractivity contribution in [3.63, 3.8) is 0 Å². The van der Waals surface area contributed by atoms with E-state index in [1.54, 1.807) is 31.2 Å². The molecule has 1 saturated heterocycles. The van der Waals surface area contributed by atoms with E-state index in [9.17, 15) is 14.4 Å². The molecule has 28 heavy (non-hydrogen) atoms. The summed E-state index contributed by atoms with van der Waals surface area (Å²) in [5.41, 5.74) is 2.80. The lowest BCUT2D eigenvalue weighted by atomic mass is 9.92. The van der Waals surface area contributed by atoms with Crippen molar-refractivity contribution in [2.24, 2.45) is 0 Å². The van der Waals surface area contributed by atoms with Crippen LogP contribution in [0.5, 0.6) is 5.75 Å². The zero-order valence-electron chi connectivity index (χ0n) is 15.8. The molecular weight excluding hydrogens is 378 g/mol. The maximum atomic E-state index is 12.9. The Labute approximate surface area is 167 Å². The van der Waals surface area contributed by atoms with Gasteiger partial charge in [0, 0.05) is 4.90 Å². The van der Waals surface area contributed by atoms with Crippen LogP contribution >= 0.6 is 11.8 Å². The number of imide groups is 1. The van der Waals surface area contributed by atoms with Crippen LogP contribution in [0, 0.1) is 6.92 Å². The fourth-order valence-electron chi connectivity index (χ4n) is 2.81. The number of methoxy groups -OCH3 is 1. The molecular formula is C20H21N3O4S. The third-order valence-electron chi connectivity index (χ3n) is 4.47. The van der Waals surface area contributed by atoms with Gasteiger partial charge < -0.3 is 10.1 Å². The van der Waals surface area contributed by atoms with Gasteiger partial charge in [0.25, 0.3) is 5.91 Å². The van der Waals surface area contributed by atoms with Crippen molar-refractivity contribution in [1.29, 1.82) is 0 Å². The predicted octanol–water partition coefficient (Wildman–Crippen LogP) is 2.59. The Kier molecular flexibility index (Phi) is 5.60. The van der Waals surface area contributed by atoms with Gasteiger partial charge in [-0.05, 0) is 43.7 Å². The Hall–Kier alpha value is -3.00. The number of carbonyl (C=O) groups is 3. The molecule has 1 aliphatic heterocycles. The van der Waals surface area contributed by atoms with Gasteiger partial charge in [-0.15, -0.1) is 11.8 Å². The number of hydrazine groups is 1. The van der Waals surface area contributed by atoms with Gasteiger partial charge in [0.15, 0.2) is 0 Å². The third kappa shape index (κ3) is 3.96. The highest BCUT2D eigenvalue weighted by molar-refractivity contribution is 8.00. The third-order valence-corrected chi connectivity index (χ3v) is 5.48. The minimum atomic E-state index is -1.29. The lowest BCUT2D eigenvalue weighted by Crippen LogP contribution is -2.48. The molecule has 0 radical (unpaired) electrons. The average molecular weight is 399 g/mol. The Morgan fingerprint density at radius 1 is 1.21 bits per heavy atom. The van der Waals surface area contributed by atoms with E-state index in [4.69, 9.17) is 4.74 Å². The highest BCUT2D eigenvalue weighted by Crippen LogP contribution is 2.30. The molecule has 146 valence electrons. The van der Waals surface area contributed by atoms with Gasteiger partial charge in [-0.25, -0.2) is 4.79 Å². The van der Waals surface area contributed by atoms with Gasteiger partial charge in [-0.3, -0.25) is 15.0 Å². The number of rotatable bonds is 6. The summed E-state index contributed by atoms with van der Waals surface area (Å²) in [6.07, 6.45) is 0. The Morgan fingerprint density at radius 3 is 2.61 bits per heavy atom. The number of carbonyl (C=O) groups excluding carboxylic acids is 3. The van der Waals surface area contributed by atoms with Gasteiger partial charge in [0.2, 0.25) is 5.91 Å². The van der Waals surface area contributed by atoms with Crippen molar-refractivity contribution in [2.45, 2.75) is 24.3 Å². The van der Waals surface area contributed by atoms with Crippen LogP contribution in [-0.4, -0.2) is 35.7 Å². The van der Waals surface area contributed by atoms with E-state index in [-0.39, 0.29) is 5.75 Å². The molecule has 2 aromatic carbocycles. The fourth-order valence-corrected chi connectivity index (χ4v) is 3.50. The standard InChI is InChI=1S/C20H21N3O4S/c1-13-7-9-16(10-8-13)28-12-17(24)22-23-18(25)20(2,21-19(23)26)14-5-4-6-15(11-14)27-3/h4-11H,12H2,1-3H3,(H,21,26)(H,22,24)/t20-/m0/s1. The maximum Gasteiger partial charge on any atom is 0.344 e. The second-order valence-electron chi connectivity index (χ2n) is 6.56. The fraction of sp³-hybridized carbons (Fsp3) is 0.250. The summed E-state index contributed by atoms with van der Waals surface area (Å²) in [6.45, 7) is 3.58. The van der Waals surface area contributed by atoms with E-state index < -0.39 is 23.4 Å². The highest BCUT2D eigenvalue weighted by Gasteiger charge is 2.50. The molecule has 0 aliphatic carbocycles. The average Bonchev–Trinajstić information content (AvgIpc) is 2.91. The minimum absolute atomic E-state index is 0.0794. The van der Waals surface area contributed by atoms with Crippen molar-refractivity contribution < 1.29 is 19.1 Å². The zero-order valence-corrected chi connectivity index (χ0v) is 16.6. The second-order valence-corrected chi connectivity index (χ2v) is 7.61. The number of ether oxygens (including phenoxy) is 1. The summed E-state index contributed by atoms with van der Waals surface area (Å²) >= 11 is 1.33. The van der Waals surface area contributed by atoms with Crippen molar-refractivity contribution in [3.05, 3.63) is 59.7 Å². The molecule has 1 fully saturated rings. The normalized spacial score (nSPS) is 18.8. The highest BCUT2D eigenvalue weighted by atomic mass is 32.2. The van der Waals surface area contributed by atoms with Crippen LogP contribution in [0.3, 0.4) is 0 Å². The lowest BCUT2D eigenvalue weighted by Gasteiger charge is -2.22. The van der Waals surface area contributed by atoms with Crippen molar-refractivity contribution in [3.8, 4) is 5.75 Å². The summed E-state index contributed by atoms with van der Waals surface area (Å²) in [7, 11) is 1.52. The molecule has 2 N–H and O–H groups in total. The largest absolute Gasteiger partial charge is 0.497 e. The van der Waals surface area contributed by atoms with Crippen LogP contribution in [0.2, 0.25) is 0 Å². The minimum Gasteiger partial charge on any atom is -0.497 e. The van der Waals surface area contributed by atoms with Crippen LogP contribution < -0.4 is 15.5 Å². The van der Waals surface area contributed by atoms with Gasteiger partial charge >= 0.3 is 6.03 Å². The first kappa shape index (κ1) is 19.8. The van der Waals surface area contributed by atoms with E-state index in [1.807, 2.05) is 31.2 Å². The molecule has 0 unspecified atom stereocenters. The Balaban J connectivity index is 1.67. The molecule has 1 atom stereocenters. The van der Waals surface area contributed by atoms with Crippen LogP contribution in [0.4, 0.5) is 4.79 Å². The summed E-state index contributed by atoms with van der Waals surface area (Å²) in [5.74, 6) is -0.350. The van der Waals surface area contributed by atoms with Gasteiger partial charge in [0.05, 0.1) is 12.9 Å². The van der Waals surface area contributed by atoms with E-state index in [0.29, 0.717) is 11.3 Å². The number of aryl methyl sites for hydroxylation is 1. The molecule has 0 saturated carbocycles. The molecule has 0 bridgehead atoms. The van der Waals surface area contributed by atoms with Gasteiger partial charge in [-0.1, -0.05) is 29.8 Å². The van der Waals surface area contributed by atoms with Crippen molar-refractivity contribution in [2.75, 3.05) is 12.9 Å². The summed E-state index contributed by atoms with van der Waals surface area (Å²) in [4.78, 5) is 38.4. The summed E-state index contributed by atoms with van der Waals surface area (Å²) < 4.78 is 5.18. The molecule has 8 heteroatoms. The van der Waals surface area contributed by atoms with Gasteiger partial charge in [-0.2, -0.15) is 5.01 Å². The Bertz CT molecular complexity index is 916. The number of hydrogen-bond donors (Lipinski definition) is 2. The number of benzene rings is 2. The van der Waals surface area contributed by atoms with Crippen molar-refractivity contribution in [1.82, 2.24) is 15.8 Å². The molecule has 1 heterocycles. The second kappa shape index (κ2) is 7.93. The summed E-state index contributed by atoms with van der Waals surface area (Å²) in [5, 5.41) is 3.38. The van der Waals surface area contributed by atoms with E-state index in [2.05, 4.69) is 10.7 Å². The monoisotopic (exact) mass is 399 g/mol. The summed E-state index contributed by atoms with van der Waals surface area (Å²) in [6, 6.07) is 13.9. The number of urea groups is 1. The molecule has 2 aromatic rings. The van der Waals surface area contributed by atoms with Crippen LogP contribution in [0.25, 0.3) is 0 Å². The number of nitrogens with one attached hydrogen (secondary N) is 2. The Morgan fingerprint density at radius 2 is 1.93 bits per heavy atom. The predicted molar refractivity (Wildman–Crippen MR) is 106 cm³/mol. The first-order valence-corrected chi connectivity index (χ1v) is 9.62. The first-order chi connectivity index (χ1) is 13.3. The first-order valence-electron chi connectivity index (χ1n) is 8.63. The molecule has 0 spiro atoms. The van der Waals surface area contributed by atoms with E-state index in [1.165, 1.54) is 18.9 Å². The van der Waals surface area contributed by atoms with E-state index >= 15 is 0 Å². The quantitative estimate of drug-likeness (QED) is 0.576. The lowest BCUT2D eigenvalue weighted by molar-refractivity contribution is -0.138.